The van der Waals surface area contributed by atoms with Gasteiger partial charge in [0.15, 0.2) is 0 Å². The number of amides is 1. The van der Waals surface area contributed by atoms with Crippen molar-refractivity contribution in [3.05, 3.63) is 58.7 Å². The molecule has 0 N–H and O–H groups in total. The minimum Gasteiger partial charge on any atom is -0.334 e. The molecular formula is C18H21N3O. The fourth-order valence-corrected chi connectivity index (χ4v) is 2.81. The van der Waals surface area contributed by atoms with Gasteiger partial charge >= 0.3 is 0 Å². The van der Waals surface area contributed by atoms with Crippen molar-refractivity contribution < 1.29 is 4.79 Å². The van der Waals surface area contributed by atoms with Crippen LogP contribution < -0.4 is 0 Å². The van der Waals surface area contributed by atoms with Crippen LogP contribution in [0.3, 0.4) is 0 Å². The van der Waals surface area contributed by atoms with Crippen LogP contribution in [0.4, 0.5) is 0 Å². The maximum atomic E-state index is 12.8. The van der Waals surface area contributed by atoms with Gasteiger partial charge in [-0.05, 0) is 24.5 Å². The fraction of sp³-hybridized carbons (Fsp3) is 0.389. The number of aryl methyl sites for hydroxylation is 1. The van der Waals surface area contributed by atoms with Crippen molar-refractivity contribution in [1.82, 2.24) is 14.9 Å². The molecule has 0 unspecified atom stereocenters. The van der Waals surface area contributed by atoms with E-state index in [1.165, 1.54) is 11.1 Å². The van der Waals surface area contributed by atoms with Crippen LogP contribution >= 0.6 is 0 Å². The molecule has 0 spiro atoms. The highest BCUT2D eigenvalue weighted by molar-refractivity contribution is 5.95. The number of carbonyl (C=O) groups is 1. The standard InChI is InChI=1S/C18H21N3O/c1-12(2)17-19-10-16(13(3)20-17)18(22)21-9-8-14-6-4-5-7-15(14)11-21/h4-7,10,12H,8-9,11H2,1-3H3. The number of hydrogen-bond acceptors (Lipinski definition) is 3. The zero-order valence-electron chi connectivity index (χ0n) is 13.3. The van der Waals surface area contributed by atoms with E-state index in [1.54, 1.807) is 6.20 Å². The number of carbonyl (C=O) groups excluding carboxylic acids is 1. The van der Waals surface area contributed by atoms with E-state index in [-0.39, 0.29) is 11.8 Å². The number of benzene rings is 1. The number of hydrogen-bond donors (Lipinski definition) is 0. The lowest BCUT2D eigenvalue weighted by atomic mass is 9.99. The highest BCUT2D eigenvalue weighted by Gasteiger charge is 2.23. The SMILES string of the molecule is Cc1nc(C(C)C)ncc1C(=O)N1CCc2ccccc2C1. The van der Waals surface area contributed by atoms with Crippen LogP contribution in [0, 0.1) is 6.92 Å². The summed E-state index contributed by atoms with van der Waals surface area (Å²) >= 11 is 0. The van der Waals surface area contributed by atoms with Crippen LogP contribution in [0.2, 0.25) is 0 Å². The Labute approximate surface area is 131 Å². The molecule has 3 rings (SSSR count). The monoisotopic (exact) mass is 295 g/mol. The van der Waals surface area contributed by atoms with E-state index in [4.69, 9.17) is 0 Å². The molecule has 0 saturated heterocycles. The second-order valence-corrected chi connectivity index (χ2v) is 6.13. The van der Waals surface area contributed by atoms with Crippen LogP contribution in [0.25, 0.3) is 0 Å². The van der Waals surface area contributed by atoms with Crippen molar-refractivity contribution in [2.24, 2.45) is 0 Å². The third-order valence-electron chi connectivity index (χ3n) is 4.16. The minimum absolute atomic E-state index is 0.0299. The van der Waals surface area contributed by atoms with E-state index in [0.717, 1.165) is 24.5 Å². The smallest absolute Gasteiger partial charge is 0.257 e. The summed E-state index contributed by atoms with van der Waals surface area (Å²) in [4.78, 5) is 23.5. The second-order valence-electron chi connectivity index (χ2n) is 6.13. The van der Waals surface area contributed by atoms with Gasteiger partial charge in [-0.1, -0.05) is 38.1 Å². The van der Waals surface area contributed by atoms with Crippen molar-refractivity contribution in [3.8, 4) is 0 Å². The molecular weight excluding hydrogens is 274 g/mol. The Morgan fingerprint density at radius 3 is 2.64 bits per heavy atom. The van der Waals surface area contributed by atoms with Crippen LogP contribution in [0.15, 0.2) is 30.5 Å². The van der Waals surface area contributed by atoms with Gasteiger partial charge in [-0.2, -0.15) is 0 Å². The van der Waals surface area contributed by atoms with E-state index in [0.29, 0.717) is 12.1 Å². The van der Waals surface area contributed by atoms with Crippen LogP contribution in [0.5, 0.6) is 0 Å². The van der Waals surface area contributed by atoms with E-state index in [1.807, 2.05) is 17.9 Å². The molecule has 0 radical (unpaired) electrons. The first-order valence-electron chi connectivity index (χ1n) is 7.76. The van der Waals surface area contributed by atoms with Gasteiger partial charge in [-0.25, -0.2) is 9.97 Å². The molecule has 4 heteroatoms. The molecule has 0 aliphatic carbocycles. The Morgan fingerprint density at radius 2 is 1.95 bits per heavy atom. The summed E-state index contributed by atoms with van der Waals surface area (Å²) in [5.74, 6) is 1.09. The Bertz CT molecular complexity index is 709. The first-order valence-corrected chi connectivity index (χ1v) is 7.76. The summed E-state index contributed by atoms with van der Waals surface area (Å²) in [6.07, 6.45) is 2.59. The lowest BCUT2D eigenvalue weighted by Gasteiger charge is -2.29. The normalized spacial score (nSPS) is 14.1. The molecule has 0 atom stereocenters. The maximum Gasteiger partial charge on any atom is 0.257 e. The Kier molecular flexibility index (Phi) is 3.92. The van der Waals surface area contributed by atoms with Crippen molar-refractivity contribution in [1.29, 1.82) is 0 Å². The average Bonchev–Trinajstić information content (AvgIpc) is 2.53. The third kappa shape index (κ3) is 2.73. The molecule has 1 aromatic carbocycles. The molecule has 0 fully saturated rings. The van der Waals surface area contributed by atoms with Gasteiger partial charge in [0.05, 0.1) is 11.3 Å². The van der Waals surface area contributed by atoms with Gasteiger partial charge in [0, 0.05) is 25.2 Å². The van der Waals surface area contributed by atoms with E-state index in [9.17, 15) is 4.79 Å². The minimum atomic E-state index is 0.0299. The van der Waals surface area contributed by atoms with Crippen molar-refractivity contribution >= 4 is 5.91 Å². The molecule has 2 heterocycles. The van der Waals surface area contributed by atoms with E-state index >= 15 is 0 Å². The van der Waals surface area contributed by atoms with E-state index < -0.39 is 0 Å². The van der Waals surface area contributed by atoms with Gasteiger partial charge in [0.2, 0.25) is 0 Å². The molecule has 1 aliphatic rings. The summed E-state index contributed by atoms with van der Waals surface area (Å²) in [5.41, 5.74) is 3.96. The number of fused-ring (bicyclic) bond motifs is 1. The number of aromatic nitrogens is 2. The quantitative estimate of drug-likeness (QED) is 0.855. The Morgan fingerprint density at radius 1 is 1.23 bits per heavy atom. The lowest BCUT2D eigenvalue weighted by Crippen LogP contribution is -2.36. The van der Waals surface area contributed by atoms with Gasteiger partial charge in [-0.15, -0.1) is 0 Å². The van der Waals surface area contributed by atoms with Gasteiger partial charge < -0.3 is 4.90 Å². The number of rotatable bonds is 2. The molecule has 1 amide bonds. The molecule has 2 aromatic rings. The van der Waals surface area contributed by atoms with Crippen LogP contribution in [0.1, 0.15) is 52.8 Å². The predicted octanol–water partition coefficient (Wildman–Crippen LogP) is 3.11. The summed E-state index contributed by atoms with van der Waals surface area (Å²) in [5, 5.41) is 0. The fourth-order valence-electron chi connectivity index (χ4n) is 2.81. The Balaban J connectivity index is 1.83. The lowest BCUT2D eigenvalue weighted by molar-refractivity contribution is 0.0733. The van der Waals surface area contributed by atoms with E-state index in [2.05, 4.69) is 42.0 Å². The number of nitrogens with zero attached hydrogens (tertiary/aromatic N) is 3. The third-order valence-corrected chi connectivity index (χ3v) is 4.16. The maximum absolute atomic E-state index is 12.8. The van der Waals surface area contributed by atoms with Crippen molar-refractivity contribution in [3.63, 3.8) is 0 Å². The Hall–Kier alpha value is -2.23. The summed E-state index contributed by atoms with van der Waals surface area (Å²) in [6.45, 7) is 7.41. The van der Waals surface area contributed by atoms with Crippen molar-refractivity contribution in [2.45, 2.75) is 39.7 Å². The first kappa shape index (κ1) is 14.7. The average molecular weight is 295 g/mol. The van der Waals surface area contributed by atoms with Gasteiger partial charge in [-0.3, -0.25) is 4.79 Å². The molecule has 22 heavy (non-hydrogen) atoms. The van der Waals surface area contributed by atoms with Gasteiger partial charge in [0.1, 0.15) is 5.82 Å². The topological polar surface area (TPSA) is 46.1 Å². The molecule has 4 nitrogen and oxygen atoms in total. The second kappa shape index (κ2) is 5.87. The van der Waals surface area contributed by atoms with Crippen LogP contribution in [-0.4, -0.2) is 27.3 Å². The molecule has 0 bridgehead atoms. The predicted molar refractivity (Wildman–Crippen MR) is 85.7 cm³/mol. The summed E-state index contributed by atoms with van der Waals surface area (Å²) in [7, 11) is 0. The highest BCUT2D eigenvalue weighted by atomic mass is 16.2. The first-order chi connectivity index (χ1) is 10.6. The highest BCUT2D eigenvalue weighted by Crippen LogP contribution is 2.21. The molecule has 1 aliphatic heterocycles. The van der Waals surface area contributed by atoms with Crippen molar-refractivity contribution in [2.75, 3.05) is 6.54 Å². The zero-order chi connectivity index (χ0) is 15.7. The van der Waals surface area contributed by atoms with Crippen LogP contribution in [-0.2, 0) is 13.0 Å². The zero-order valence-corrected chi connectivity index (χ0v) is 13.3. The van der Waals surface area contributed by atoms with Gasteiger partial charge in [0.25, 0.3) is 5.91 Å². The summed E-state index contributed by atoms with van der Waals surface area (Å²) < 4.78 is 0. The molecule has 0 saturated carbocycles. The summed E-state index contributed by atoms with van der Waals surface area (Å²) in [6, 6.07) is 8.32. The molecule has 114 valence electrons. The largest absolute Gasteiger partial charge is 0.334 e. The molecule has 1 aromatic heterocycles.